The second-order valence-electron chi connectivity index (χ2n) is 14.8. The van der Waals surface area contributed by atoms with Crippen molar-refractivity contribution < 1.29 is 80.3 Å². The molecule has 0 saturated heterocycles. The Balaban J connectivity index is 0.000000213. The number of benzene rings is 6. The third-order valence-corrected chi connectivity index (χ3v) is 9.25. The minimum Gasteiger partial charge on any atom is -0.508 e. The lowest BCUT2D eigenvalue weighted by atomic mass is 9.96. The van der Waals surface area contributed by atoms with Crippen LogP contribution >= 0.6 is 0 Å². The van der Waals surface area contributed by atoms with Gasteiger partial charge in [-0.2, -0.15) is 0 Å². The molecule has 16 nitrogen and oxygen atoms in total. The van der Waals surface area contributed by atoms with Crippen molar-refractivity contribution in [2.24, 2.45) is 0 Å². The number of ether oxygens (including phenoxy) is 2. The van der Waals surface area contributed by atoms with Gasteiger partial charge in [0.15, 0.2) is 0 Å². The molecule has 0 spiro atoms. The molecule has 0 bridgehead atoms. The van der Waals surface area contributed by atoms with Gasteiger partial charge in [-0.15, -0.1) is 0 Å². The Hall–Kier alpha value is -7.18. The highest BCUT2D eigenvalue weighted by molar-refractivity contribution is 5.70. The van der Waals surface area contributed by atoms with Crippen LogP contribution < -0.4 is 9.47 Å². The molecular formula is C48H50O16. The molecule has 0 aliphatic carbocycles. The zero-order valence-corrected chi connectivity index (χ0v) is 35.0. The second-order valence-corrected chi connectivity index (χ2v) is 14.8. The summed E-state index contributed by atoms with van der Waals surface area (Å²) in [6, 6.07) is 28.6. The fourth-order valence-electron chi connectivity index (χ4n) is 6.38. The number of aryl methyl sites for hydroxylation is 2. The van der Waals surface area contributed by atoms with Gasteiger partial charge < -0.3 is 70.8 Å². The van der Waals surface area contributed by atoms with Crippen LogP contribution in [0.4, 0.5) is 0 Å². The lowest BCUT2D eigenvalue weighted by molar-refractivity contribution is -0.132. The van der Waals surface area contributed by atoms with E-state index in [0.29, 0.717) is 33.8 Å². The average molecular weight is 883 g/mol. The van der Waals surface area contributed by atoms with E-state index in [0.717, 1.165) is 23.3 Å². The molecule has 0 radical (unpaired) electrons. The van der Waals surface area contributed by atoms with Crippen LogP contribution in [0.3, 0.4) is 0 Å². The number of hydrogen-bond acceptors (Lipinski definition) is 16. The normalized spacial score (nSPS) is 13.6. The number of carbonyl (C=O) groups is 2. The first-order valence-electron chi connectivity index (χ1n) is 19.4. The third kappa shape index (κ3) is 14.5. The first-order chi connectivity index (χ1) is 30.1. The molecule has 16 heteroatoms. The molecule has 0 fully saturated rings. The summed E-state index contributed by atoms with van der Waals surface area (Å²) in [6.07, 6.45) is -7.58. The summed E-state index contributed by atoms with van der Waals surface area (Å²) in [5.74, 6) is -1.02. The minimum atomic E-state index is -1.34. The van der Waals surface area contributed by atoms with E-state index in [2.05, 4.69) is 0 Å². The maximum Gasteiger partial charge on any atom is 0.308 e. The summed E-state index contributed by atoms with van der Waals surface area (Å²) < 4.78 is 9.97. The number of esters is 2. The Labute approximate surface area is 367 Å². The van der Waals surface area contributed by atoms with Gasteiger partial charge >= 0.3 is 11.9 Å². The first kappa shape index (κ1) is 49.5. The average Bonchev–Trinajstić information content (AvgIpc) is 3.21. The van der Waals surface area contributed by atoms with Crippen LogP contribution in [0.15, 0.2) is 121 Å². The molecule has 12 N–H and O–H groups in total. The molecule has 0 aromatic heterocycles. The summed E-state index contributed by atoms with van der Waals surface area (Å²) in [6.45, 7) is 6.13. The zero-order chi connectivity index (χ0) is 47.4. The molecular weight excluding hydrogens is 833 g/mol. The summed E-state index contributed by atoms with van der Waals surface area (Å²) in [5, 5.41) is 117. The summed E-state index contributed by atoms with van der Waals surface area (Å²) in [7, 11) is 0. The van der Waals surface area contributed by atoms with Gasteiger partial charge in [-0.05, 0) is 131 Å². The highest BCUT2D eigenvalue weighted by Crippen LogP contribution is 2.36. The molecule has 6 aromatic carbocycles. The van der Waals surface area contributed by atoms with E-state index in [4.69, 9.17) is 14.6 Å². The molecule has 6 aromatic rings. The molecule has 64 heavy (non-hydrogen) atoms. The van der Waals surface area contributed by atoms with Crippen molar-refractivity contribution >= 4 is 11.9 Å². The first-order valence-corrected chi connectivity index (χ1v) is 19.4. The summed E-state index contributed by atoms with van der Waals surface area (Å²) >= 11 is 0. The number of carbonyl (C=O) groups excluding carboxylic acids is 2. The van der Waals surface area contributed by atoms with Crippen molar-refractivity contribution in [3.05, 3.63) is 166 Å². The van der Waals surface area contributed by atoms with Gasteiger partial charge in [0.1, 0.15) is 82.6 Å². The van der Waals surface area contributed by atoms with Crippen LogP contribution in [0.1, 0.15) is 95.0 Å². The number of aliphatic hydroxyl groups excluding tert-OH is 6. The predicted molar refractivity (Wildman–Crippen MR) is 230 cm³/mol. The molecule has 0 amide bonds. The van der Waals surface area contributed by atoms with Crippen LogP contribution in [0.2, 0.25) is 0 Å². The highest BCUT2D eigenvalue weighted by Gasteiger charge is 2.24. The number of aliphatic hydroxyl groups is 6. The maximum absolute atomic E-state index is 11.1. The largest absolute Gasteiger partial charge is 0.508 e. The van der Waals surface area contributed by atoms with Crippen molar-refractivity contribution in [1.82, 2.24) is 0 Å². The SMILES string of the molecule is CC(=O)Oc1ccc(C(O)C(O)c2cc(C)cc(OC(C)=O)c2)cc1.Cc1cc(O)cc(C(O)C(O)c2cc(O)cc(O)c2)c1.Oc1ccc(C(O)C(O)c2cc(O)cc(O)c2)cc1. The molecule has 0 saturated carbocycles. The van der Waals surface area contributed by atoms with Gasteiger partial charge in [-0.25, -0.2) is 0 Å². The van der Waals surface area contributed by atoms with E-state index in [1.165, 1.54) is 92.7 Å². The number of aromatic hydroxyl groups is 6. The van der Waals surface area contributed by atoms with Crippen LogP contribution in [0, 0.1) is 13.8 Å². The van der Waals surface area contributed by atoms with E-state index in [1.807, 2.05) is 0 Å². The van der Waals surface area contributed by atoms with Crippen molar-refractivity contribution in [2.45, 2.75) is 64.3 Å². The Morgan fingerprint density at radius 2 is 0.641 bits per heavy atom. The monoisotopic (exact) mass is 882 g/mol. The van der Waals surface area contributed by atoms with Crippen LogP contribution in [-0.4, -0.2) is 73.2 Å². The van der Waals surface area contributed by atoms with Crippen molar-refractivity contribution in [1.29, 1.82) is 0 Å². The summed E-state index contributed by atoms with van der Waals surface area (Å²) in [4.78, 5) is 22.0. The molecule has 0 aliphatic heterocycles. The number of rotatable bonds is 11. The lowest BCUT2D eigenvalue weighted by Gasteiger charge is -2.20. The van der Waals surface area contributed by atoms with Gasteiger partial charge in [0.2, 0.25) is 0 Å². The fraction of sp³-hybridized carbons (Fsp3) is 0.208. The minimum absolute atomic E-state index is 0.00925. The molecule has 6 atom stereocenters. The third-order valence-electron chi connectivity index (χ3n) is 9.25. The smallest absolute Gasteiger partial charge is 0.308 e. The molecule has 6 rings (SSSR count). The van der Waals surface area contributed by atoms with E-state index >= 15 is 0 Å². The number of phenols is 6. The van der Waals surface area contributed by atoms with E-state index in [1.54, 1.807) is 44.2 Å². The van der Waals surface area contributed by atoms with Gasteiger partial charge in [-0.1, -0.05) is 36.4 Å². The van der Waals surface area contributed by atoms with E-state index in [-0.39, 0.29) is 45.6 Å². The van der Waals surface area contributed by atoms with Crippen LogP contribution in [0.5, 0.6) is 46.0 Å². The van der Waals surface area contributed by atoms with E-state index in [9.17, 15) is 65.8 Å². The van der Waals surface area contributed by atoms with Crippen LogP contribution in [-0.2, 0) is 9.59 Å². The van der Waals surface area contributed by atoms with Crippen molar-refractivity contribution in [2.75, 3.05) is 0 Å². The van der Waals surface area contributed by atoms with Gasteiger partial charge in [-0.3, -0.25) is 9.59 Å². The molecule has 0 aliphatic rings. The zero-order valence-electron chi connectivity index (χ0n) is 35.0. The molecule has 0 heterocycles. The summed E-state index contributed by atoms with van der Waals surface area (Å²) in [5.41, 5.74) is 3.53. The van der Waals surface area contributed by atoms with Gasteiger partial charge in [0, 0.05) is 26.0 Å². The Kier molecular flexibility index (Phi) is 17.2. The van der Waals surface area contributed by atoms with Gasteiger partial charge in [0.05, 0.1) is 0 Å². The predicted octanol–water partition coefficient (Wildman–Crippen LogP) is 6.06. The lowest BCUT2D eigenvalue weighted by Crippen LogP contribution is -2.11. The topological polar surface area (TPSA) is 295 Å². The number of hydrogen-bond donors (Lipinski definition) is 12. The van der Waals surface area contributed by atoms with Crippen LogP contribution in [0.25, 0.3) is 0 Å². The quantitative estimate of drug-likeness (QED) is 0.0520. The fourth-order valence-corrected chi connectivity index (χ4v) is 6.38. The number of phenolic OH excluding ortho intramolecular Hbond substituents is 6. The Morgan fingerprint density at radius 1 is 0.344 bits per heavy atom. The molecule has 338 valence electrons. The van der Waals surface area contributed by atoms with Gasteiger partial charge in [0.25, 0.3) is 0 Å². The van der Waals surface area contributed by atoms with Crippen molar-refractivity contribution in [3.63, 3.8) is 0 Å². The van der Waals surface area contributed by atoms with E-state index < -0.39 is 48.6 Å². The highest BCUT2D eigenvalue weighted by atomic mass is 16.5. The Morgan fingerprint density at radius 3 is 1.02 bits per heavy atom. The maximum atomic E-state index is 11.1. The Bertz CT molecular complexity index is 2390. The standard InChI is InChI=1S/C19H20O6.C15H16O5.C14H14O5/c1-11-8-15(10-17(9-11)25-13(3)21)19(23)18(22)14-4-6-16(7-5-14)24-12(2)20;1-8-2-9(4-11(16)3-8)14(19)15(20)10-5-12(17)7-13(18)6-10;15-10-3-1-8(2-4-10)13(18)14(19)9-5-11(16)7-12(17)6-9/h4-10,18-19,22-23H,1-3H3;2-7,14-20H,1H3;1-7,13-19H. The van der Waals surface area contributed by atoms with Crippen molar-refractivity contribution in [3.8, 4) is 46.0 Å². The second kappa shape index (κ2) is 22.3. The molecule has 6 unspecified atom stereocenters.